The lowest BCUT2D eigenvalue weighted by atomic mass is 9.87. The van der Waals surface area contributed by atoms with Crippen LogP contribution in [0.2, 0.25) is 0 Å². The third-order valence-electron chi connectivity index (χ3n) is 3.02. The first-order chi connectivity index (χ1) is 8.34. The van der Waals surface area contributed by atoms with Crippen LogP contribution in [0.1, 0.15) is 27.2 Å². The molecule has 0 aliphatic carbocycles. The van der Waals surface area contributed by atoms with Crippen LogP contribution in [0.4, 0.5) is 0 Å². The van der Waals surface area contributed by atoms with E-state index in [0.717, 1.165) is 0 Å². The van der Waals surface area contributed by atoms with E-state index in [1.807, 2.05) is 13.8 Å². The van der Waals surface area contributed by atoms with Gasteiger partial charge in [-0.1, -0.05) is 13.8 Å². The predicted octanol–water partition coefficient (Wildman–Crippen LogP) is -0.447. The van der Waals surface area contributed by atoms with Gasteiger partial charge in [0.15, 0.2) is 0 Å². The second-order valence-electron chi connectivity index (χ2n) is 5.46. The molecule has 6 heteroatoms. The Morgan fingerprint density at radius 3 is 2.33 bits per heavy atom. The highest BCUT2D eigenvalue weighted by molar-refractivity contribution is 5.81. The van der Waals surface area contributed by atoms with Crippen LogP contribution in [0.3, 0.4) is 0 Å². The number of carboxylic acid groups (broad SMARTS) is 1. The fourth-order valence-electron chi connectivity index (χ4n) is 1.98. The van der Waals surface area contributed by atoms with Crippen LogP contribution in [0, 0.1) is 5.92 Å². The van der Waals surface area contributed by atoms with Crippen molar-refractivity contribution >= 4 is 11.9 Å². The lowest BCUT2D eigenvalue weighted by molar-refractivity contribution is -0.140. The maximum Gasteiger partial charge on any atom is 0.305 e. The maximum atomic E-state index is 11.8. The molecule has 0 aromatic carbocycles. The summed E-state index contributed by atoms with van der Waals surface area (Å²) in [5, 5.41) is 17.9. The van der Waals surface area contributed by atoms with E-state index in [2.05, 4.69) is 16.0 Å². The van der Waals surface area contributed by atoms with Crippen molar-refractivity contribution in [1.29, 1.82) is 0 Å². The molecule has 18 heavy (non-hydrogen) atoms. The van der Waals surface area contributed by atoms with Gasteiger partial charge in [-0.05, 0) is 12.8 Å². The summed E-state index contributed by atoms with van der Waals surface area (Å²) in [6.45, 7) is 7.62. The number of aliphatic carboxylic acids is 1. The van der Waals surface area contributed by atoms with Gasteiger partial charge >= 0.3 is 5.97 Å². The van der Waals surface area contributed by atoms with Crippen LogP contribution in [-0.4, -0.2) is 48.2 Å². The Balaban J connectivity index is 2.44. The predicted molar refractivity (Wildman–Crippen MR) is 68.3 cm³/mol. The van der Waals surface area contributed by atoms with Crippen LogP contribution < -0.4 is 16.0 Å². The topological polar surface area (TPSA) is 90.5 Å². The van der Waals surface area contributed by atoms with E-state index in [1.165, 1.54) is 0 Å². The van der Waals surface area contributed by atoms with E-state index in [-0.39, 0.29) is 18.4 Å². The van der Waals surface area contributed by atoms with Gasteiger partial charge in [0.1, 0.15) is 0 Å². The third-order valence-corrected chi connectivity index (χ3v) is 3.02. The largest absolute Gasteiger partial charge is 0.481 e. The minimum atomic E-state index is -0.848. The van der Waals surface area contributed by atoms with E-state index in [0.29, 0.717) is 25.6 Å². The molecule has 6 nitrogen and oxygen atoms in total. The van der Waals surface area contributed by atoms with E-state index >= 15 is 0 Å². The Hall–Kier alpha value is -1.14. The summed E-state index contributed by atoms with van der Waals surface area (Å²) in [5.74, 6) is -0.529. The van der Waals surface area contributed by atoms with Crippen molar-refractivity contribution in [2.75, 3.05) is 19.6 Å². The molecule has 1 unspecified atom stereocenters. The molecule has 0 aromatic rings. The molecule has 1 fully saturated rings. The van der Waals surface area contributed by atoms with Gasteiger partial charge in [-0.15, -0.1) is 0 Å². The summed E-state index contributed by atoms with van der Waals surface area (Å²) in [6, 6.07) is -0.384. The number of rotatable bonds is 7. The first-order valence-electron chi connectivity index (χ1n) is 6.32. The lowest BCUT2D eigenvalue weighted by Crippen LogP contribution is -2.71. The molecular formula is C12H23N3O3. The lowest BCUT2D eigenvalue weighted by Gasteiger charge is -2.44. The zero-order valence-corrected chi connectivity index (χ0v) is 11.2. The van der Waals surface area contributed by atoms with Crippen molar-refractivity contribution in [3.63, 3.8) is 0 Å². The fourth-order valence-corrected chi connectivity index (χ4v) is 1.98. The van der Waals surface area contributed by atoms with Crippen LogP contribution in [0.25, 0.3) is 0 Å². The van der Waals surface area contributed by atoms with Gasteiger partial charge in [0, 0.05) is 19.6 Å². The molecule has 0 saturated carbocycles. The quantitative estimate of drug-likeness (QED) is 0.496. The SMILES string of the molecule is CC(C)CNC(=O)C(C)NC1(CC(=O)O)CNC1. The smallest absolute Gasteiger partial charge is 0.305 e. The number of hydrogen-bond donors (Lipinski definition) is 4. The number of carboxylic acids is 1. The van der Waals surface area contributed by atoms with Crippen LogP contribution in [-0.2, 0) is 9.59 Å². The number of carbonyl (C=O) groups is 2. The Bertz CT molecular complexity index is 314. The monoisotopic (exact) mass is 257 g/mol. The van der Waals surface area contributed by atoms with Gasteiger partial charge < -0.3 is 15.7 Å². The van der Waals surface area contributed by atoms with Crippen LogP contribution >= 0.6 is 0 Å². The Kier molecular flexibility index (Phi) is 5.10. The molecule has 104 valence electrons. The number of nitrogens with one attached hydrogen (secondary N) is 3. The second-order valence-corrected chi connectivity index (χ2v) is 5.46. The first kappa shape index (κ1) is 14.9. The molecule has 0 radical (unpaired) electrons. The molecule has 1 saturated heterocycles. The summed E-state index contributed by atoms with van der Waals surface area (Å²) >= 11 is 0. The molecular weight excluding hydrogens is 234 g/mol. The van der Waals surface area contributed by atoms with Gasteiger partial charge in [0.05, 0.1) is 18.0 Å². The Labute approximate surface area is 108 Å². The highest BCUT2D eigenvalue weighted by Crippen LogP contribution is 2.16. The molecule has 0 bridgehead atoms. The van der Waals surface area contributed by atoms with Gasteiger partial charge in [0.2, 0.25) is 5.91 Å². The molecule has 1 rings (SSSR count). The van der Waals surface area contributed by atoms with Gasteiger partial charge in [0.25, 0.3) is 0 Å². The Morgan fingerprint density at radius 1 is 1.33 bits per heavy atom. The van der Waals surface area contributed by atoms with E-state index in [1.54, 1.807) is 6.92 Å². The Morgan fingerprint density at radius 2 is 1.94 bits per heavy atom. The zero-order valence-electron chi connectivity index (χ0n) is 11.2. The third kappa shape index (κ3) is 4.27. The number of amides is 1. The highest BCUT2D eigenvalue weighted by atomic mass is 16.4. The minimum absolute atomic E-state index is 0.0296. The molecule has 1 aliphatic heterocycles. The zero-order chi connectivity index (χ0) is 13.8. The average Bonchev–Trinajstić information content (AvgIpc) is 2.21. The summed E-state index contributed by atoms with van der Waals surface area (Å²) < 4.78 is 0. The normalized spacial score (nSPS) is 19.1. The molecule has 0 spiro atoms. The fraction of sp³-hybridized carbons (Fsp3) is 0.833. The first-order valence-corrected chi connectivity index (χ1v) is 6.32. The standard InChI is InChI=1S/C12H23N3O3/c1-8(2)5-14-11(18)9(3)15-12(4-10(16)17)6-13-7-12/h8-9,13,15H,4-7H2,1-3H3,(H,14,18)(H,16,17). The summed E-state index contributed by atoms with van der Waals surface area (Å²) in [5.41, 5.74) is -0.486. The molecule has 4 N–H and O–H groups in total. The summed E-state index contributed by atoms with van der Waals surface area (Å²) in [7, 11) is 0. The van der Waals surface area contributed by atoms with Gasteiger partial charge in [-0.3, -0.25) is 14.9 Å². The van der Waals surface area contributed by atoms with Crippen molar-refractivity contribution in [3.8, 4) is 0 Å². The summed E-state index contributed by atoms with van der Waals surface area (Å²) in [4.78, 5) is 22.6. The molecule has 0 aromatic heterocycles. The molecule has 1 amide bonds. The molecule has 1 aliphatic rings. The van der Waals surface area contributed by atoms with E-state index in [9.17, 15) is 9.59 Å². The van der Waals surface area contributed by atoms with E-state index < -0.39 is 11.5 Å². The second kappa shape index (κ2) is 6.15. The van der Waals surface area contributed by atoms with Gasteiger partial charge in [-0.25, -0.2) is 0 Å². The van der Waals surface area contributed by atoms with Crippen molar-refractivity contribution < 1.29 is 14.7 Å². The molecule has 1 heterocycles. The molecule has 1 atom stereocenters. The van der Waals surface area contributed by atoms with Gasteiger partial charge in [-0.2, -0.15) is 0 Å². The van der Waals surface area contributed by atoms with Crippen LogP contribution in [0.15, 0.2) is 0 Å². The van der Waals surface area contributed by atoms with Crippen molar-refractivity contribution in [2.24, 2.45) is 5.92 Å². The van der Waals surface area contributed by atoms with Crippen molar-refractivity contribution in [1.82, 2.24) is 16.0 Å². The average molecular weight is 257 g/mol. The minimum Gasteiger partial charge on any atom is -0.481 e. The maximum absolute atomic E-state index is 11.8. The summed E-state index contributed by atoms with van der Waals surface area (Å²) in [6.07, 6.45) is 0.0296. The van der Waals surface area contributed by atoms with E-state index in [4.69, 9.17) is 5.11 Å². The highest BCUT2D eigenvalue weighted by Gasteiger charge is 2.40. The van der Waals surface area contributed by atoms with Crippen molar-refractivity contribution in [2.45, 2.75) is 38.8 Å². The number of carbonyl (C=O) groups excluding carboxylic acids is 1. The van der Waals surface area contributed by atoms with Crippen LogP contribution in [0.5, 0.6) is 0 Å². The van der Waals surface area contributed by atoms with Crippen molar-refractivity contribution in [3.05, 3.63) is 0 Å². The number of hydrogen-bond acceptors (Lipinski definition) is 4.